The van der Waals surface area contributed by atoms with Crippen molar-refractivity contribution in [2.24, 2.45) is 5.92 Å². The lowest BCUT2D eigenvalue weighted by atomic mass is 9.78. The number of ether oxygens (including phenoxy) is 1. The smallest absolute Gasteiger partial charge is 0.336 e. The van der Waals surface area contributed by atoms with Crippen molar-refractivity contribution in [3.63, 3.8) is 0 Å². The number of carboxylic acids is 1. The van der Waals surface area contributed by atoms with Crippen LogP contribution in [0.25, 0.3) is 0 Å². The Kier molecular flexibility index (Phi) is 5.91. The van der Waals surface area contributed by atoms with E-state index in [-0.39, 0.29) is 18.8 Å². The number of hydrogen-bond acceptors (Lipinski definition) is 6. The molecule has 1 aliphatic heterocycles. The fraction of sp³-hybridized carbons (Fsp3) is 0.923. The van der Waals surface area contributed by atoms with Crippen LogP contribution in [0.5, 0.6) is 0 Å². The Hall–Kier alpha value is -0.730. The lowest BCUT2D eigenvalue weighted by Gasteiger charge is -2.47. The molecule has 5 atom stereocenters. The molecule has 0 aromatic heterocycles. The quantitative estimate of drug-likeness (QED) is 0.423. The highest BCUT2D eigenvalue weighted by Gasteiger charge is 2.53. The Morgan fingerprint density at radius 1 is 1.50 bits per heavy atom. The first-order chi connectivity index (χ1) is 9.28. The summed E-state index contributed by atoms with van der Waals surface area (Å²) in [6.45, 7) is 3.01. The number of aliphatic carboxylic acids is 1. The molecule has 1 heterocycles. The molecule has 118 valence electrons. The van der Waals surface area contributed by atoms with Gasteiger partial charge in [-0.15, -0.1) is 0 Å². The van der Waals surface area contributed by atoms with Gasteiger partial charge in [0.05, 0.1) is 31.0 Å². The van der Waals surface area contributed by atoms with E-state index in [1.807, 2.05) is 0 Å². The van der Waals surface area contributed by atoms with Gasteiger partial charge in [-0.1, -0.05) is 13.8 Å². The van der Waals surface area contributed by atoms with Crippen molar-refractivity contribution in [1.82, 2.24) is 5.32 Å². The van der Waals surface area contributed by atoms with Crippen molar-refractivity contribution in [3.05, 3.63) is 0 Å². The number of carbonyl (C=O) groups is 1. The molecule has 0 aromatic carbocycles. The van der Waals surface area contributed by atoms with Gasteiger partial charge in [-0.2, -0.15) is 0 Å². The molecule has 1 saturated heterocycles. The molecule has 5 unspecified atom stereocenters. The second-order valence-electron chi connectivity index (χ2n) is 5.66. The second kappa shape index (κ2) is 6.82. The second-order valence-corrected chi connectivity index (χ2v) is 5.66. The molecule has 0 bridgehead atoms. The van der Waals surface area contributed by atoms with Crippen LogP contribution in [0.4, 0.5) is 0 Å². The standard InChI is InChI=1S/C13H25NO6/c1-7(2)13(12(18)19)5-9(17)11(14-3)10(20-13)4-8(16)6-15/h7-11,14-17H,4-6H2,1-3H3,(H,18,19). The third-order valence-electron chi connectivity index (χ3n) is 4.03. The average molecular weight is 291 g/mol. The molecule has 7 heteroatoms. The first kappa shape index (κ1) is 17.3. The maximum atomic E-state index is 11.6. The summed E-state index contributed by atoms with van der Waals surface area (Å²) in [7, 11) is 1.64. The minimum absolute atomic E-state index is 0.0166. The first-order valence-corrected chi connectivity index (χ1v) is 6.84. The zero-order valence-electron chi connectivity index (χ0n) is 12.1. The van der Waals surface area contributed by atoms with E-state index in [0.717, 1.165) is 0 Å². The molecule has 0 amide bonds. The largest absolute Gasteiger partial charge is 0.479 e. The van der Waals surface area contributed by atoms with Crippen LogP contribution in [-0.4, -0.2) is 70.0 Å². The Bertz CT molecular complexity index is 337. The highest BCUT2D eigenvalue weighted by atomic mass is 16.5. The molecule has 1 aliphatic rings. The molecule has 0 aliphatic carbocycles. The fourth-order valence-electron chi connectivity index (χ4n) is 2.75. The monoisotopic (exact) mass is 291 g/mol. The predicted octanol–water partition coefficient (Wildman–Crippen LogP) is -1.05. The number of rotatable bonds is 6. The molecule has 20 heavy (non-hydrogen) atoms. The summed E-state index contributed by atoms with van der Waals surface area (Å²) >= 11 is 0. The molecule has 0 saturated carbocycles. The van der Waals surface area contributed by atoms with E-state index >= 15 is 0 Å². The van der Waals surface area contributed by atoms with Crippen molar-refractivity contribution in [1.29, 1.82) is 0 Å². The number of nitrogens with one attached hydrogen (secondary N) is 1. The lowest BCUT2D eigenvalue weighted by Crippen LogP contribution is -2.64. The Labute approximate surface area is 118 Å². The van der Waals surface area contributed by atoms with E-state index in [4.69, 9.17) is 9.84 Å². The Morgan fingerprint density at radius 2 is 2.10 bits per heavy atom. The SMILES string of the molecule is CNC1C(O)CC(C(=O)O)(C(C)C)OC1CC(O)CO. The van der Waals surface area contributed by atoms with Gasteiger partial charge in [0.1, 0.15) is 0 Å². The molecule has 0 radical (unpaired) electrons. The molecule has 1 rings (SSSR count). The number of aliphatic hydroxyl groups is 3. The summed E-state index contributed by atoms with van der Waals surface area (Å²) in [5, 5.41) is 41.1. The summed E-state index contributed by atoms with van der Waals surface area (Å²) in [6.07, 6.45) is -2.56. The minimum atomic E-state index is -1.48. The third-order valence-corrected chi connectivity index (χ3v) is 4.03. The zero-order valence-corrected chi connectivity index (χ0v) is 12.1. The van der Waals surface area contributed by atoms with Crippen molar-refractivity contribution < 1.29 is 30.0 Å². The number of carboxylic acid groups (broad SMARTS) is 1. The molecular formula is C13H25NO6. The Balaban J connectivity index is 3.02. The molecule has 5 N–H and O–H groups in total. The van der Waals surface area contributed by atoms with Crippen molar-refractivity contribution in [2.75, 3.05) is 13.7 Å². The van der Waals surface area contributed by atoms with Gasteiger partial charge in [0, 0.05) is 12.8 Å². The zero-order chi connectivity index (χ0) is 15.5. The molecule has 0 spiro atoms. The van der Waals surface area contributed by atoms with E-state index in [2.05, 4.69) is 5.32 Å². The summed E-state index contributed by atoms with van der Waals surface area (Å²) in [6, 6.07) is -0.484. The van der Waals surface area contributed by atoms with Gasteiger partial charge < -0.3 is 30.5 Å². The third kappa shape index (κ3) is 3.29. The van der Waals surface area contributed by atoms with Gasteiger partial charge in [0.25, 0.3) is 0 Å². The van der Waals surface area contributed by atoms with Crippen LogP contribution in [0, 0.1) is 5.92 Å². The Morgan fingerprint density at radius 3 is 2.50 bits per heavy atom. The minimum Gasteiger partial charge on any atom is -0.479 e. The van der Waals surface area contributed by atoms with Crippen LogP contribution in [0.3, 0.4) is 0 Å². The van der Waals surface area contributed by atoms with Crippen LogP contribution in [0.1, 0.15) is 26.7 Å². The number of aliphatic hydroxyl groups excluding tert-OH is 3. The van der Waals surface area contributed by atoms with E-state index in [9.17, 15) is 20.1 Å². The van der Waals surface area contributed by atoms with Crippen LogP contribution >= 0.6 is 0 Å². The highest BCUT2D eigenvalue weighted by molar-refractivity contribution is 5.78. The van der Waals surface area contributed by atoms with Gasteiger partial charge in [0.15, 0.2) is 5.60 Å². The molecule has 0 aromatic rings. The van der Waals surface area contributed by atoms with E-state index in [1.54, 1.807) is 20.9 Å². The van der Waals surface area contributed by atoms with Crippen molar-refractivity contribution >= 4 is 5.97 Å². The van der Waals surface area contributed by atoms with Crippen molar-refractivity contribution in [3.8, 4) is 0 Å². The first-order valence-electron chi connectivity index (χ1n) is 6.84. The van der Waals surface area contributed by atoms with Crippen LogP contribution in [0.2, 0.25) is 0 Å². The average Bonchev–Trinajstić information content (AvgIpc) is 2.37. The summed E-state index contributed by atoms with van der Waals surface area (Å²) in [4.78, 5) is 11.6. The molecular weight excluding hydrogens is 266 g/mol. The van der Waals surface area contributed by atoms with Crippen LogP contribution in [0.15, 0.2) is 0 Å². The van der Waals surface area contributed by atoms with E-state index < -0.39 is 42.5 Å². The van der Waals surface area contributed by atoms with E-state index in [1.165, 1.54) is 0 Å². The van der Waals surface area contributed by atoms with Gasteiger partial charge in [-0.3, -0.25) is 0 Å². The van der Waals surface area contributed by atoms with E-state index in [0.29, 0.717) is 0 Å². The van der Waals surface area contributed by atoms with Gasteiger partial charge >= 0.3 is 5.97 Å². The van der Waals surface area contributed by atoms with Crippen molar-refractivity contribution in [2.45, 2.75) is 56.6 Å². The highest BCUT2D eigenvalue weighted by Crippen LogP contribution is 2.37. The normalized spacial score (nSPS) is 36.0. The number of likely N-dealkylation sites (N-methyl/N-ethyl adjacent to an activating group) is 1. The summed E-state index contributed by atoms with van der Waals surface area (Å²) in [5.74, 6) is -1.45. The summed E-state index contributed by atoms with van der Waals surface area (Å²) < 4.78 is 5.75. The van der Waals surface area contributed by atoms with Gasteiger partial charge in [-0.05, 0) is 13.0 Å². The van der Waals surface area contributed by atoms with Crippen LogP contribution < -0.4 is 5.32 Å². The molecule has 7 nitrogen and oxygen atoms in total. The van der Waals surface area contributed by atoms with Gasteiger partial charge in [0.2, 0.25) is 0 Å². The summed E-state index contributed by atoms with van der Waals surface area (Å²) in [5.41, 5.74) is -1.48. The van der Waals surface area contributed by atoms with Crippen LogP contribution in [-0.2, 0) is 9.53 Å². The predicted molar refractivity (Wildman–Crippen MR) is 71.3 cm³/mol. The molecule has 1 fully saturated rings. The number of hydrogen-bond donors (Lipinski definition) is 5. The lowest BCUT2D eigenvalue weighted by molar-refractivity contribution is -0.219. The fourth-order valence-corrected chi connectivity index (χ4v) is 2.75. The van der Waals surface area contributed by atoms with Gasteiger partial charge in [-0.25, -0.2) is 4.79 Å². The maximum Gasteiger partial charge on any atom is 0.336 e. The maximum absolute atomic E-state index is 11.6. The topological polar surface area (TPSA) is 119 Å².